The molecule has 0 spiro atoms. The third-order valence-electron chi connectivity index (χ3n) is 3.71. The minimum atomic E-state index is -0.736. The Kier molecular flexibility index (Phi) is 15.2. The maximum atomic E-state index is 11.5. The number of ether oxygens (including phenoxy) is 1. The number of hydrogen-bond donors (Lipinski definition) is 1. The summed E-state index contributed by atoms with van der Waals surface area (Å²) in [5.41, 5.74) is 0. The molecule has 0 saturated heterocycles. The second kappa shape index (κ2) is 16.3. The van der Waals surface area contributed by atoms with Gasteiger partial charge < -0.3 is 9.84 Å². The van der Waals surface area contributed by atoms with Crippen LogP contribution in [0.5, 0.6) is 0 Å². The van der Waals surface area contributed by atoms with Crippen molar-refractivity contribution in [3.8, 4) is 0 Å². The molecule has 138 valence electrons. The van der Waals surface area contributed by atoms with Gasteiger partial charge in [-0.25, -0.2) is 0 Å². The van der Waals surface area contributed by atoms with Gasteiger partial charge in [-0.2, -0.15) is 0 Å². The molecule has 0 radical (unpaired) electrons. The van der Waals surface area contributed by atoms with E-state index in [4.69, 9.17) is 9.84 Å². The summed E-state index contributed by atoms with van der Waals surface area (Å²) >= 11 is 0. The van der Waals surface area contributed by atoms with E-state index < -0.39 is 5.97 Å². The van der Waals surface area contributed by atoms with Crippen LogP contribution in [0, 0.1) is 0 Å². The standard InChI is InChI=1S/C20H34O4/c1-3-5-6-7-8-9-12-15-18(24-20(23)4-2)16-13-10-11-14-17-19(21)22/h7-8,12,15,18H,3-6,9-11,13-14,16-17H2,1-2H3,(H,21,22)/b8-7-,15-12-. The zero-order valence-electron chi connectivity index (χ0n) is 15.3. The average molecular weight is 338 g/mol. The van der Waals surface area contributed by atoms with Crippen molar-refractivity contribution in [3.05, 3.63) is 24.3 Å². The number of esters is 1. The van der Waals surface area contributed by atoms with Gasteiger partial charge in [-0.1, -0.05) is 57.8 Å². The highest BCUT2D eigenvalue weighted by Crippen LogP contribution is 2.12. The molecule has 0 bridgehead atoms. The first-order chi connectivity index (χ1) is 11.6. The van der Waals surface area contributed by atoms with E-state index in [1.54, 1.807) is 6.92 Å². The van der Waals surface area contributed by atoms with E-state index in [0.29, 0.717) is 12.8 Å². The lowest BCUT2D eigenvalue weighted by Gasteiger charge is -2.13. The Balaban J connectivity index is 4.06. The predicted molar refractivity (Wildman–Crippen MR) is 97.9 cm³/mol. The smallest absolute Gasteiger partial charge is 0.306 e. The molecule has 0 amide bonds. The number of carboxylic acids is 1. The fourth-order valence-corrected chi connectivity index (χ4v) is 2.27. The van der Waals surface area contributed by atoms with Crippen LogP contribution in [0.3, 0.4) is 0 Å². The second-order valence-corrected chi connectivity index (χ2v) is 6.01. The summed E-state index contributed by atoms with van der Waals surface area (Å²) in [5, 5.41) is 8.60. The molecule has 1 unspecified atom stereocenters. The number of allylic oxidation sites excluding steroid dienone is 3. The van der Waals surface area contributed by atoms with Crippen molar-refractivity contribution in [1.29, 1.82) is 0 Å². The van der Waals surface area contributed by atoms with Gasteiger partial charge in [0.15, 0.2) is 0 Å². The van der Waals surface area contributed by atoms with Gasteiger partial charge in [0.1, 0.15) is 6.10 Å². The number of aliphatic carboxylic acids is 1. The number of hydrogen-bond acceptors (Lipinski definition) is 3. The van der Waals surface area contributed by atoms with Crippen LogP contribution in [-0.4, -0.2) is 23.1 Å². The van der Waals surface area contributed by atoms with Gasteiger partial charge >= 0.3 is 11.9 Å². The monoisotopic (exact) mass is 338 g/mol. The average Bonchev–Trinajstić information content (AvgIpc) is 2.56. The molecule has 0 rings (SSSR count). The van der Waals surface area contributed by atoms with E-state index in [1.807, 2.05) is 6.08 Å². The van der Waals surface area contributed by atoms with Crippen LogP contribution in [0.4, 0.5) is 0 Å². The molecule has 1 N–H and O–H groups in total. The van der Waals surface area contributed by atoms with Gasteiger partial charge in [0.05, 0.1) is 0 Å². The molecular formula is C20H34O4. The number of carboxylic acid groups (broad SMARTS) is 1. The molecule has 0 aromatic heterocycles. The van der Waals surface area contributed by atoms with Gasteiger partial charge in [0.2, 0.25) is 0 Å². The SMILES string of the molecule is CCCC/C=C\C/C=C\C(CCCCCCC(=O)O)OC(=O)CC. The van der Waals surface area contributed by atoms with Crippen LogP contribution in [-0.2, 0) is 14.3 Å². The molecule has 0 fully saturated rings. The molecule has 0 saturated carbocycles. The fourth-order valence-electron chi connectivity index (χ4n) is 2.27. The van der Waals surface area contributed by atoms with Crippen molar-refractivity contribution in [2.75, 3.05) is 0 Å². The number of rotatable bonds is 15. The lowest BCUT2D eigenvalue weighted by Crippen LogP contribution is -2.15. The number of unbranched alkanes of at least 4 members (excludes halogenated alkanes) is 5. The molecule has 0 aliphatic carbocycles. The van der Waals surface area contributed by atoms with Gasteiger partial charge in [0.25, 0.3) is 0 Å². The van der Waals surface area contributed by atoms with E-state index in [9.17, 15) is 9.59 Å². The Labute approximate surface area is 147 Å². The molecular weight excluding hydrogens is 304 g/mol. The lowest BCUT2D eigenvalue weighted by atomic mass is 10.1. The molecule has 1 atom stereocenters. The molecule has 4 nitrogen and oxygen atoms in total. The Morgan fingerprint density at radius 2 is 1.75 bits per heavy atom. The molecule has 24 heavy (non-hydrogen) atoms. The lowest BCUT2D eigenvalue weighted by molar-refractivity contribution is -0.146. The highest BCUT2D eigenvalue weighted by Gasteiger charge is 2.09. The molecule has 0 aliphatic rings. The van der Waals surface area contributed by atoms with E-state index in [1.165, 1.54) is 12.8 Å². The van der Waals surface area contributed by atoms with Gasteiger partial charge in [-0.15, -0.1) is 0 Å². The highest BCUT2D eigenvalue weighted by molar-refractivity contribution is 5.69. The zero-order chi connectivity index (χ0) is 18.0. The summed E-state index contributed by atoms with van der Waals surface area (Å²) in [6.07, 6.45) is 17.6. The van der Waals surface area contributed by atoms with E-state index >= 15 is 0 Å². The van der Waals surface area contributed by atoms with Gasteiger partial charge in [-0.05, 0) is 38.2 Å². The Bertz CT molecular complexity index is 385. The highest BCUT2D eigenvalue weighted by atomic mass is 16.5. The third-order valence-corrected chi connectivity index (χ3v) is 3.71. The van der Waals surface area contributed by atoms with Crippen molar-refractivity contribution >= 4 is 11.9 Å². The first-order valence-corrected chi connectivity index (χ1v) is 9.33. The van der Waals surface area contributed by atoms with Crippen molar-refractivity contribution in [2.24, 2.45) is 0 Å². The molecule has 0 heterocycles. The maximum absolute atomic E-state index is 11.5. The quantitative estimate of drug-likeness (QED) is 0.246. The number of carbonyl (C=O) groups is 2. The topological polar surface area (TPSA) is 63.6 Å². The largest absolute Gasteiger partial charge is 0.481 e. The normalized spacial score (nSPS) is 12.8. The molecule has 0 aliphatic heterocycles. The summed E-state index contributed by atoms with van der Waals surface area (Å²) < 4.78 is 5.45. The van der Waals surface area contributed by atoms with Crippen LogP contribution < -0.4 is 0 Å². The van der Waals surface area contributed by atoms with E-state index in [0.717, 1.165) is 38.5 Å². The zero-order valence-corrected chi connectivity index (χ0v) is 15.3. The first-order valence-electron chi connectivity index (χ1n) is 9.33. The molecule has 0 aromatic rings. The summed E-state index contributed by atoms with van der Waals surface area (Å²) in [7, 11) is 0. The molecule has 4 heteroatoms. The van der Waals surface area contributed by atoms with Crippen molar-refractivity contribution < 1.29 is 19.4 Å². The Morgan fingerprint density at radius 1 is 1.00 bits per heavy atom. The summed E-state index contributed by atoms with van der Waals surface area (Å²) in [6.45, 7) is 3.98. The summed E-state index contributed by atoms with van der Waals surface area (Å²) in [4.78, 5) is 22.0. The van der Waals surface area contributed by atoms with Crippen molar-refractivity contribution in [3.63, 3.8) is 0 Å². The summed E-state index contributed by atoms with van der Waals surface area (Å²) in [6, 6.07) is 0. The minimum Gasteiger partial charge on any atom is -0.481 e. The van der Waals surface area contributed by atoms with Crippen LogP contribution in [0.1, 0.15) is 84.5 Å². The Hall–Kier alpha value is -1.58. The maximum Gasteiger partial charge on any atom is 0.306 e. The van der Waals surface area contributed by atoms with Crippen molar-refractivity contribution in [2.45, 2.75) is 90.6 Å². The van der Waals surface area contributed by atoms with Crippen LogP contribution >= 0.6 is 0 Å². The third kappa shape index (κ3) is 15.3. The first kappa shape index (κ1) is 22.4. The fraction of sp³-hybridized carbons (Fsp3) is 0.700. The minimum absolute atomic E-state index is 0.166. The molecule has 0 aromatic carbocycles. The van der Waals surface area contributed by atoms with Crippen molar-refractivity contribution in [1.82, 2.24) is 0 Å². The van der Waals surface area contributed by atoms with Gasteiger partial charge in [-0.3, -0.25) is 9.59 Å². The van der Waals surface area contributed by atoms with Crippen LogP contribution in [0.2, 0.25) is 0 Å². The number of carbonyl (C=O) groups excluding carboxylic acids is 1. The van der Waals surface area contributed by atoms with Crippen LogP contribution in [0.15, 0.2) is 24.3 Å². The van der Waals surface area contributed by atoms with E-state index in [-0.39, 0.29) is 18.5 Å². The predicted octanol–water partition coefficient (Wildman–Crippen LogP) is 5.43. The van der Waals surface area contributed by atoms with Gasteiger partial charge in [0, 0.05) is 12.8 Å². The second-order valence-electron chi connectivity index (χ2n) is 6.01. The Morgan fingerprint density at radius 3 is 2.42 bits per heavy atom. The van der Waals surface area contributed by atoms with Crippen LogP contribution in [0.25, 0.3) is 0 Å². The van der Waals surface area contributed by atoms with E-state index in [2.05, 4.69) is 25.2 Å². The summed E-state index contributed by atoms with van der Waals surface area (Å²) in [5.74, 6) is -0.909.